The van der Waals surface area contributed by atoms with Gasteiger partial charge in [-0.2, -0.15) is 0 Å². The van der Waals surface area contributed by atoms with Crippen molar-refractivity contribution >= 4 is 17.3 Å². The van der Waals surface area contributed by atoms with Crippen LogP contribution in [0.1, 0.15) is 5.56 Å². The Morgan fingerprint density at radius 3 is 2.43 bits per heavy atom. The molecule has 0 aliphatic carbocycles. The standard InChI is InChI=1S/C22H25N3O5/c1-3-4-17-5-10-20(21(15-17)29-2)30-16-22(26)24-13-11-23(12-14-24)18-6-8-19(9-7-18)25(27)28/h3,5-10,15H,1,4,11-14,16H2,2H3. The SMILES string of the molecule is C=CCc1ccc(OCC(=O)N2CCN(c3ccc([N+](=O)[O-])cc3)CC2)c(OC)c1. The summed E-state index contributed by atoms with van der Waals surface area (Å²) in [5, 5.41) is 10.8. The predicted molar refractivity (Wildman–Crippen MR) is 114 cm³/mol. The average molecular weight is 411 g/mol. The lowest BCUT2D eigenvalue weighted by Gasteiger charge is -2.36. The van der Waals surface area contributed by atoms with E-state index in [1.807, 2.05) is 18.2 Å². The molecular weight excluding hydrogens is 386 g/mol. The lowest BCUT2D eigenvalue weighted by molar-refractivity contribution is -0.384. The highest BCUT2D eigenvalue weighted by Crippen LogP contribution is 2.28. The molecule has 0 atom stereocenters. The zero-order chi connectivity index (χ0) is 21.5. The molecule has 30 heavy (non-hydrogen) atoms. The molecule has 0 spiro atoms. The first-order chi connectivity index (χ1) is 14.5. The molecule has 2 aromatic carbocycles. The monoisotopic (exact) mass is 411 g/mol. The number of nitro groups is 1. The zero-order valence-electron chi connectivity index (χ0n) is 17.0. The molecule has 8 nitrogen and oxygen atoms in total. The van der Waals surface area contributed by atoms with Gasteiger partial charge >= 0.3 is 0 Å². The van der Waals surface area contributed by atoms with Crippen molar-refractivity contribution in [3.63, 3.8) is 0 Å². The van der Waals surface area contributed by atoms with E-state index in [4.69, 9.17) is 9.47 Å². The van der Waals surface area contributed by atoms with Crippen molar-refractivity contribution in [3.8, 4) is 11.5 Å². The van der Waals surface area contributed by atoms with Gasteiger partial charge < -0.3 is 19.3 Å². The van der Waals surface area contributed by atoms with Crippen LogP contribution in [0.3, 0.4) is 0 Å². The lowest BCUT2D eigenvalue weighted by atomic mass is 10.1. The minimum Gasteiger partial charge on any atom is -0.493 e. The van der Waals surface area contributed by atoms with Crippen molar-refractivity contribution in [1.82, 2.24) is 4.90 Å². The second kappa shape index (κ2) is 9.78. The molecule has 8 heteroatoms. The summed E-state index contributed by atoms with van der Waals surface area (Å²) >= 11 is 0. The summed E-state index contributed by atoms with van der Waals surface area (Å²) in [7, 11) is 1.57. The third-order valence-corrected chi connectivity index (χ3v) is 5.02. The molecule has 1 saturated heterocycles. The first-order valence-corrected chi connectivity index (χ1v) is 9.69. The van der Waals surface area contributed by atoms with E-state index in [1.54, 1.807) is 30.2 Å². The molecule has 0 aromatic heterocycles. The molecule has 1 heterocycles. The number of carbonyl (C=O) groups excluding carboxylic acids is 1. The summed E-state index contributed by atoms with van der Waals surface area (Å²) in [5.41, 5.74) is 2.04. The fourth-order valence-electron chi connectivity index (χ4n) is 3.35. The number of piperazine rings is 1. The Labute approximate surface area is 175 Å². The Balaban J connectivity index is 1.52. The van der Waals surface area contributed by atoms with Gasteiger partial charge in [0.2, 0.25) is 0 Å². The number of amides is 1. The lowest BCUT2D eigenvalue weighted by Crippen LogP contribution is -2.50. The minimum absolute atomic E-state index is 0.0608. The fraction of sp³-hybridized carbons (Fsp3) is 0.318. The Bertz CT molecular complexity index is 905. The molecular formula is C22H25N3O5. The smallest absolute Gasteiger partial charge is 0.269 e. The van der Waals surface area contributed by atoms with E-state index in [2.05, 4.69) is 11.5 Å². The van der Waals surface area contributed by atoms with Crippen LogP contribution in [0.5, 0.6) is 11.5 Å². The second-order valence-corrected chi connectivity index (χ2v) is 6.91. The number of hydrogen-bond acceptors (Lipinski definition) is 6. The molecule has 0 radical (unpaired) electrons. The number of benzene rings is 2. The largest absolute Gasteiger partial charge is 0.493 e. The van der Waals surface area contributed by atoms with Gasteiger partial charge in [0.05, 0.1) is 12.0 Å². The third-order valence-electron chi connectivity index (χ3n) is 5.02. The first-order valence-electron chi connectivity index (χ1n) is 9.69. The maximum absolute atomic E-state index is 12.6. The van der Waals surface area contributed by atoms with Crippen LogP contribution in [-0.2, 0) is 11.2 Å². The Morgan fingerprint density at radius 2 is 1.83 bits per heavy atom. The van der Waals surface area contributed by atoms with E-state index in [1.165, 1.54) is 12.1 Å². The number of non-ortho nitro benzene ring substituents is 1. The van der Waals surface area contributed by atoms with Gasteiger partial charge in [-0.1, -0.05) is 12.1 Å². The van der Waals surface area contributed by atoms with Crippen LogP contribution < -0.4 is 14.4 Å². The molecule has 1 aliphatic heterocycles. The molecule has 1 amide bonds. The highest BCUT2D eigenvalue weighted by molar-refractivity contribution is 5.78. The first kappa shape index (κ1) is 21.2. The number of hydrogen-bond donors (Lipinski definition) is 0. The summed E-state index contributed by atoms with van der Waals surface area (Å²) in [6, 6.07) is 12.1. The van der Waals surface area contributed by atoms with Gasteiger partial charge in [-0.25, -0.2) is 0 Å². The van der Waals surface area contributed by atoms with Gasteiger partial charge in [0.15, 0.2) is 18.1 Å². The van der Waals surface area contributed by atoms with Gasteiger partial charge in [-0.05, 0) is 36.2 Å². The van der Waals surface area contributed by atoms with Crippen molar-refractivity contribution in [2.45, 2.75) is 6.42 Å². The van der Waals surface area contributed by atoms with Crippen LogP contribution >= 0.6 is 0 Å². The van der Waals surface area contributed by atoms with E-state index in [0.29, 0.717) is 37.7 Å². The molecule has 1 fully saturated rings. The predicted octanol–water partition coefficient (Wildman–Crippen LogP) is 3.06. The van der Waals surface area contributed by atoms with E-state index in [-0.39, 0.29) is 18.2 Å². The number of ether oxygens (including phenoxy) is 2. The number of nitro benzene ring substituents is 1. The van der Waals surface area contributed by atoms with E-state index < -0.39 is 4.92 Å². The Hall–Kier alpha value is -3.55. The Morgan fingerprint density at radius 1 is 1.13 bits per heavy atom. The minimum atomic E-state index is -0.414. The van der Waals surface area contributed by atoms with Gasteiger partial charge in [-0.15, -0.1) is 6.58 Å². The molecule has 3 rings (SSSR count). The summed E-state index contributed by atoms with van der Waals surface area (Å²) in [5.74, 6) is 1.03. The summed E-state index contributed by atoms with van der Waals surface area (Å²) < 4.78 is 11.1. The number of rotatable bonds is 8. The highest BCUT2D eigenvalue weighted by Gasteiger charge is 2.22. The van der Waals surface area contributed by atoms with Crippen LogP contribution in [0.25, 0.3) is 0 Å². The summed E-state index contributed by atoms with van der Waals surface area (Å²) in [6.45, 7) is 6.11. The highest BCUT2D eigenvalue weighted by atomic mass is 16.6. The van der Waals surface area contributed by atoms with Crippen molar-refractivity contribution < 1.29 is 19.2 Å². The van der Waals surface area contributed by atoms with Crippen molar-refractivity contribution in [2.75, 3.05) is 44.8 Å². The molecule has 158 valence electrons. The topological polar surface area (TPSA) is 85.2 Å². The maximum Gasteiger partial charge on any atom is 0.269 e. The van der Waals surface area contributed by atoms with Gasteiger partial charge in [0, 0.05) is 44.0 Å². The molecule has 2 aromatic rings. The van der Waals surface area contributed by atoms with Crippen molar-refractivity contribution in [1.29, 1.82) is 0 Å². The van der Waals surface area contributed by atoms with Gasteiger partial charge in [0.25, 0.3) is 11.6 Å². The normalized spacial score (nSPS) is 13.6. The molecule has 0 saturated carbocycles. The average Bonchev–Trinajstić information content (AvgIpc) is 2.78. The molecule has 0 bridgehead atoms. The molecule has 0 unspecified atom stereocenters. The van der Waals surface area contributed by atoms with Crippen molar-refractivity contribution in [3.05, 3.63) is 70.8 Å². The number of anilines is 1. The number of allylic oxidation sites excluding steroid dienone is 1. The number of methoxy groups -OCH3 is 1. The van der Waals surface area contributed by atoms with Gasteiger partial charge in [-0.3, -0.25) is 14.9 Å². The van der Waals surface area contributed by atoms with Gasteiger partial charge in [0.1, 0.15) is 0 Å². The summed E-state index contributed by atoms with van der Waals surface area (Å²) in [6.07, 6.45) is 2.55. The van der Waals surface area contributed by atoms with E-state index in [0.717, 1.165) is 17.7 Å². The van der Waals surface area contributed by atoms with Crippen molar-refractivity contribution in [2.24, 2.45) is 0 Å². The molecule has 1 aliphatic rings. The number of nitrogens with zero attached hydrogens (tertiary/aromatic N) is 3. The van der Waals surface area contributed by atoms with Crippen LogP contribution in [-0.4, -0.2) is 55.6 Å². The third kappa shape index (κ3) is 5.08. The second-order valence-electron chi connectivity index (χ2n) is 6.91. The van der Waals surface area contributed by atoms with Crippen LogP contribution in [0.4, 0.5) is 11.4 Å². The zero-order valence-corrected chi connectivity index (χ0v) is 17.0. The maximum atomic E-state index is 12.6. The molecule has 0 N–H and O–H groups in total. The van der Waals surface area contributed by atoms with E-state index >= 15 is 0 Å². The van der Waals surface area contributed by atoms with Crippen LogP contribution in [0.15, 0.2) is 55.1 Å². The van der Waals surface area contributed by atoms with Crippen LogP contribution in [0.2, 0.25) is 0 Å². The van der Waals surface area contributed by atoms with Crippen LogP contribution in [0, 0.1) is 10.1 Å². The fourth-order valence-corrected chi connectivity index (χ4v) is 3.35. The quantitative estimate of drug-likeness (QED) is 0.377. The summed E-state index contributed by atoms with van der Waals surface area (Å²) in [4.78, 5) is 26.8. The Kier molecular flexibility index (Phi) is 6.90. The number of carbonyl (C=O) groups is 1. The van der Waals surface area contributed by atoms with E-state index in [9.17, 15) is 14.9 Å².